The third kappa shape index (κ3) is 4.17. The number of ether oxygens (including phenoxy) is 3. The Bertz CT molecular complexity index is 990. The van der Waals surface area contributed by atoms with Crippen LogP contribution in [0.4, 0.5) is 4.39 Å². The summed E-state index contributed by atoms with van der Waals surface area (Å²) in [4.78, 5) is 1.35. The molecule has 0 unspecified atom stereocenters. The number of rotatable bonds is 6. The Labute approximate surface area is 169 Å². The van der Waals surface area contributed by atoms with Gasteiger partial charge >= 0.3 is 0 Å². The standard InChI is InChI=1S/C20H23FN2O5S/c1-2-26-19-12-16(4-5-17(19)21)29(24,25)23-9-7-22(8-10-23)13-15-3-6-18-20(11-15)28-14-27-18/h3-6,11-12H,2,7-10,13-14H2,1H3/p+1. The molecule has 1 fully saturated rings. The van der Waals surface area contributed by atoms with Gasteiger partial charge in [0.25, 0.3) is 0 Å². The van der Waals surface area contributed by atoms with Crippen molar-refractivity contribution in [3.8, 4) is 17.2 Å². The number of nitrogens with one attached hydrogen (secondary N) is 1. The van der Waals surface area contributed by atoms with Crippen LogP contribution in [0.3, 0.4) is 0 Å². The van der Waals surface area contributed by atoms with Crippen molar-refractivity contribution in [1.29, 1.82) is 0 Å². The van der Waals surface area contributed by atoms with Crippen LogP contribution in [0.25, 0.3) is 0 Å². The third-order valence-electron chi connectivity index (χ3n) is 5.16. The lowest BCUT2D eigenvalue weighted by atomic mass is 10.2. The predicted octanol–water partition coefficient (Wildman–Crippen LogP) is 1.04. The van der Waals surface area contributed by atoms with Gasteiger partial charge in [0.2, 0.25) is 16.8 Å². The molecule has 2 aromatic rings. The van der Waals surface area contributed by atoms with Crippen LogP contribution in [-0.4, -0.2) is 52.3 Å². The highest BCUT2D eigenvalue weighted by atomic mass is 32.2. The summed E-state index contributed by atoms with van der Waals surface area (Å²) in [6, 6.07) is 9.59. The molecule has 0 spiro atoms. The fraction of sp³-hybridized carbons (Fsp3) is 0.400. The van der Waals surface area contributed by atoms with E-state index in [1.807, 2.05) is 18.2 Å². The van der Waals surface area contributed by atoms with Gasteiger partial charge in [0, 0.05) is 11.6 Å². The maximum Gasteiger partial charge on any atom is 0.243 e. The van der Waals surface area contributed by atoms with Gasteiger partial charge in [-0.2, -0.15) is 4.31 Å². The zero-order valence-corrected chi connectivity index (χ0v) is 17.0. The second kappa shape index (κ2) is 8.17. The Morgan fingerprint density at radius 1 is 1.10 bits per heavy atom. The number of hydrogen-bond acceptors (Lipinski definition) is 5. The SMILES string of the molecule is CCOc1cc(S(=O)(=O)N2CC[NH+](Cc3ccc4c(c3)OCO4)CC2)ccc1F. The van der Waals surface area contributed by atoms with Gasteiger partial charge in [-0.3, -0.25) is 0 Å². The third-order valence-corrected chi connectivity index (χ3v) is 7.06. The summed E-state index contributed by atoms with van der Waals surface area (Å²) in [6.07, 6.45) is 0. The summed E-state index contributed by atoms with van der Waals surface area (Å²) in [5.74, 6) is 0.902. The van der Waals surface area contributed by atoms with E-state index in [1.165, 1.54) is 21.3 Å². The van der Waals surface area contributed by atoms with E-state index < -0.39 is 15.8 Å². The smallest absolute Gasteiger partial charge is 0.243 e. The van der Waals surface area contributed by atoms with Crippen LogP contribution in [0.5, 0.6) is 17.2 Å². The molecule has 156 valence electrons. The summed E-state index contributed by atoms with van der Waals surface area (Å²) in [5, 5.41) is 0. The van der Waals surface area contributed by atoms with E-state index in [0.717, 1.165) is 29.7 Å². The normalized spacial score (nSPS) is 17.4. The first-order chi connectivity index (χ1) is 14.0. The Hall–Kier alpha value is -2.36. The Kier molecular flexibility index (Phi) is 5.62. The molecule has 0 radical (unpaired) electrons. The molecule has 0 aliphatic carbocycles. The number of piperazine rings is 1. The summed E-state index contributed by atoms with van der Waals surface area (Å²) in [5.41, 5.74) is 1.13. The van der Waals surface area contributed by atoms with Crippen LogP contribution in [0, 0.1) is 5.82 Å². The second-order valence-corrected chi connectivity index (χ2v) is 8.98. The van der Waals surface area contributed by atoms with Gasteiger partial charge in [0.05, 0.1) is 37.7 Å². The fourth-order valence-electron chi connectivity index (χ4n) is 3.62. The Morgan fingerprint density at radius 3 is 2.62 bits per heavy atom. The van der Waals surface area contributed by atoms with Crippen molar-refractivity contribution in [3.63, 3.8) is 0 Å². The summed E-state index contributed by atoms with van der Waals surface area (Å²) in [7, 11) is -3.69. The van der Waals surface area contributed by atoms with E-state index in [4.69, 9.17) is 14.2 Å². The number of quaternary nitrogens is 1. The molecule has 2 aliphatic heterocycles. The van der Waals surface area contributed by atoms with Gasteiger partial charge in [-0.1, -0.05) is 0 Å². The van der Waals surface area contributed by atoms with Crippen molar-refractivity contribution in [2.24, 2.45) is 0 Å². The lowest BCUT2D eigenvalue weighted by Gasteiger charge is -2.31. The Balaban J connectivity index is 1.40. The van der Waals surface area contributed by atoms with Crippen LogP contribution in [-0.2, 0) is 16.6 Å². The van der Waals surface area contributed by atoms with Crippen LogP contribution in [0.15, 0.2) is 41.3 Å². The van der Waals surface area contributed by atoms with Gasteiger partial charge in [0.15, 0.2) is 23.1 Å². The average molecular weight is 423 g/mol. The Morgan fingerprint density at radius 2 is 1.86 bits per heavy atom. The van der Waals surface area contributed by atoms with Gasteiger partial charge in [-0.25, -0.2) is 12.8 Å². The molecule has 0 atom stereocenters. The number of sulfonamides is 1. The lowest BCUT2D eigenvalue weighted by Crippen LogP contribution is -3.13. The van der Waals surface area contributed by atoms with Crippen LogP contribution >= 0.6 is 0 Å². The van der Waals surface area contributed by atoms with E-state index in [9.17, 15) is 12.8 Å². The second-order valence-electron chi connectivity index (χ2n) is 7.04. The minimum absolute atomic E-state index is 0.0411. The van der Waals surface area contributed by atoms with E-state index in [2.05, 4.69) is 0 Å². The molecule has 29 heavy (non-hydrogen) atoms. The summed E-state index contributed by atoms with van der Waals surface area (Å²) >= 11 is 0. The van der Waals surface area contributed by atoms with E-state index >= 15 is 0 Å². The van der Waals surface area contributed by atoms with Crippen molar-refractivity contribution in [1.82, 2.24) is 4.31 Å². The first-order valence-corrected chi connectivity index (χ1v) is 11.1. The summed E-state index contributed by atoms with van der Waals surface area (Å²) < 4.78 is 57.1. The van der Waals surface area contributed by atoms with Crippen molar-refractivity contribution >= 4 is 10.0 Å². The molecule has 1 saturated heterocycles. The van der Waals surface area contributed by atoms with Crippen molar-refractivity contribution in [3.05, 3.63) is 47.8 Å². The number of halogens is 1. The largest absolute Gasteiger partial charge is 0.491 e. The van der Waals surface area contributed by atoms with Crippen LogP contribution in [0.2, 0.25) is 0 Å². The number of fused-ring (bicyclic) bond motifs is 1. The van der Waals surface area contributed by atoms with Gasteiger partial charge in [-0.05, 0) is 37.3 Å². The van der Waals surface area contributed by atoms with E-state index in [0.29, 0.717) is 26.2 Å². The molecule has 2 aromatic carbocycles. The molecule has 1 N–H and O–H groups in total. The van der Waals surface area contributed by atoms with Crippen molar-refractivity contribution in [2.45, 2.75) is 18.4 Å². The highest BCUT2D eigenvalue weighted by Crippen LogP contribution is 2.32. The minimum Gasteiger partial charge on any atom is -0.491 e. The first-order valence-electron chi connectivity index (χ1n) is 9.62. The first kappa shape index (κ1) is 19.9. The topological polar surface area (TPSA) is 69.5 Å². The number of hydrogen-bond donors (Lipinski definition) is 1. The van der Waals surface area contributed by atoms with Gasteiger partial charge in [0.1, 0.15) is 6.54 Å². The average Bonchev–Trinajstić information content (AvgIpc) is 3.18. The molecule has 2 aliphatic rings. The quantitative estimate of drug-likeness (QED) is 0.752. The maximum atomic E-state index is 13.8. The number of nitrogens with zero attached hydrogens (tertiary/aromatic N) is 1. The lowest BCUT2D eigenvalue weighted by molar-refractivity contribution is -0.917. The summed E-state index contributed by atoms with van der Waals surface area (Å²) in [6.45, 7) is 5.21. The van der Waals surface area contributed by atoms with Gasteiger partial charge in [-0.15, -0.1) is 0 Å². The monoisotopic (exact) mass is 423 g/mol. The highest BCUT2D eigenvalue weighted by molar-refractivity contribution is 7.89. The maximum absolute atomic E-state index is 13.8. The van der Waals surface area contributed by atoms with E-state index in [1.54, 1.807) is 6.92 Å². The molecule has 0 amide bonds. The van der Waals surface area contributed by atoms with Crippen LogP contribution < -0.4 is 19.1 Å². The molecule has 0 saturated carbocycles. The predicted molar refractivity (Wildman–Crippen MR) is 103 cm³/mol. The zero-order valence-electron chi connectivity index (χ0n) is 16.2. The van der Waals surface area contributed by atoms with Crippen LogP contribution in [0.1, 0.15) is 12.5 Å². The highest BCUT2D eigenvalue weighted by Gasteiger charge is 2.31. The van der Waals surface area contributed by atoms with E-state index in [-0.39, 0.29) is 24.0 Å². The molecule has 2 heterocycles. The molecule has 7 nitrogen and oxygen atoms in total. The minimum atomic E-state index is -3.69. The fourth-order valence-corrected chi connectivity index (χ4v) is 5.08. The molecular weight excluding hydrogens is 399 g/mol. The molecule has 9 heteroatoms. The van der Waals surface area contributed by atoms with Gasteiger partial charge < -0.3 is 19.1 Å². The number of benzene rings is 2. The molecule has 4 rings (SSSR count). The zero-order chi connectivity index (χ0) is 20.4. The van der Waals surface area contributed by atoms with Crippen molar-refractivity contribution in [2.75, 3.05) is 39.6 Å². The molecule has 0 aromatic heterocycles. The van der Waals surface area contributed by atoms with Crippen molar-refractivity contribution < 1.29 is 31.9 Å². The molecule has 0 bridgehead atoms. The molecular formula is C20H24FN2O5S+.